The fraction of sp³-hybridized carbons (Fsp3) is 0.857. The minimum atomic E-state index is -1.25. The van der Waals surface area contributed by atoms with E-state index in [-0.39, 0.29) is 18.9 Å². The fourth-order valence-corrected chi connectivity index (χ4v) is 2.44. The summed E-state index contributed by atoms with van der Waals surface area (Å²) in [7, 11) is 0. The molecular weight excluding hydrogens is 262 g/mol. The molecule has 0 aromatic heterocycles. The van der Waals surface area contributed by atoms with E-state index in [9.17, 15) is 14.7 Å². The molecule has 0 aromatic rings. The highest BCUT2D eigenvalue weighted by atomic mass is 16.7. The Morgan fingerprint density at radius 3 is 2.55 bits per heavy atom. The molecule has 116 valence electrons. The van der Waals surface area contributed by atoms with Crippen molar-refractivity contribution in [3.8, 4) is 0 Å². The average molecular weight is 287 g/mol. The zero-order valence-corrected chi connectivity index (χ0v) is 11.8. The van der Waals surface area contributed by atoms with Gasteiger partial charge in [0.05, 0.1) is 0 Å². The van der Waals surface area contributed by atoms with Crippen LogP contribution in [-0.4, -0.2) is 34.8 Å². The summed E-state index contributed by atoms with van der Waals surface area (Å²) in [6.45, 7) is 0.0277. The summed E-state index contributed by atoms with van der Waals surface area (Å²) >= 11 is 0. The Morgan fingerprint density at radius 1 is 1.20 bits per heavy atom. The van der Waals surface area contributed by atoms with Gasteiger partial charge in [0, 0.05) is 13.0 Å². The SMILES string of the molecule is O=C(CC1CCCCC1)NOC(=O)C(O)CCCCO. The second kappa shape index (κ2) is 9.72. The molecule has 0 spiro atoms. The van der Waals surface area contributed by atoms with Gasteiger partial charge < -0.3 is 15.1 Å². The minimum Gasteiger partial charge on any atom is -0.396 e. The van der Waals surface area contributed by atoms with Gasteiger partial charge in [0.2, 0.25) is 0 Å². The van der Waals surface area contributed by atoms with Gasteiger partial charge in [-0.25, -0.2) is 4.79 Å². The first-order valence-electron chi connectivity index (χ1n) is 7.42. The molecule has 0 aliphatic heterocycles. The third kappa shape index (κ3) is 6.86. The summed E-state index contributed by atoms with van der Waals surface area (Å²) < 4.78 is 0. The van der Waals surface area contributed by atoms with Crippen LogP contribution >= 0.6 is 0 Å². The van der Waals surface area contributed by atoms with Crippen LogP contribution in [0.15, 0.2) is 0 Å². The van der Waals surface area contributed by atoms with Gasteiger partial charge in [0.15, 0.2) is 6.10 Å². The van der Waals surface area contributed by atoms with Crippen LogP contribution in [0.2, 0.25) is 0 Å². The van der Waals surface area contributed by atoms with E-state index >= 15 is 0 Å². The number of rotatable bonds is 7. The highest BCUT2D eigenvalue weighted by Crippen LogP contribution is 2.25. The second-order valence-corrected chi connectivity index (χ2v) is 5.39. The Morgan fingerprint density at radius 2 is 1.90 bits per heavy atom. The third-order valence-corrected chi connectivity index (χ3v) is 3.62. The van der Waals surface area contributed by atoms with Crippen molar-refractivity contribution in [3.05, 3.63) is 0 Å². The first-order valence-corrected chi connectivity index (χ1v) is 7.42. The lowest BCUT2D eigenvalue weighted by molar-refractivity contribution is -0.167. The molecule has 1 amide bonds. The smallest absolute Gasteiger partial charge is 0.360 e. The van der Waals surface area contributed by atoms with E-state index in [4.69, 9.17) is 5.11 Å². The molecule has 20 heavy (non-hydrogen) atoms. The average Bonchev–Trinajstić information content (AvgIpc) is 2.46. The number of amides is 1. The molecule has 0 saturated heterocycles. The molecular formula is C14H25NO5. The molecule has 1 saturated carbocycles. The van der Waals surface area contributed by atoms with Crippen molar-refractivity contribution in [2.75, 3.05) is 6.61 Å². The lowest BCUT2D eigenvalue weighted by atomic mass is 9.87. The van der Waals surface area contributed by atoms with E-state index in [0.717, 1.165) is 25.7 Å². The highest BCUT2D eigenvalue weighted by molar-refractivity contribution is 5.79. The van der Waals surface area contributed by atoms with Gasteiger partial charge >= 0.3 is 5.97 Å². The Bertz CT molecular complexity index is 302. The van der Waals surface area contributed by atoms with Gasteiger partial charge in [0.25, 0.3) is 5.91 Å². The maximum atomic E-state index is 11.6. The zero-order valence-electron chi connectivity index (χ0n) is 11.8. The first-order chi connectivity index (χ1) is 9.63. The number of unbranched alkanes of at least 4 members (excludes halogenated alkanes) is 1. The molecule has 0 bridgehead atoms. The van der Waals surface area contributed by atoms with Crippen LogP contribution in [0.25, 0.3) is 0 Å². The van der Waals surface area contributed by atoms with Crippen LogP contribution in [0, 0.1) is 5.92 Å². The van der Waals surface area contributed by atoms with Crippen molar-refractivity contribution in [1.29, 1.82) is 0 Å². The molecule has 1 unspecified atom stereocenters. The van der Waals surface area contributed by atoms with Crippen molar-refractivity contribution in [1.82, 2.24) is 5.48 Å². The highest BCUT2D eigenvalue weighted by Gasteiger charge is 2.20. The molecule has 1 aliphatic carbocycles. The molecule has 6 heteroatoms. The number of hydrogen-bond donors (Lipinski definition) is 3. The molecule has 3 N–H and O–H groups in total. The molecule has 6 nitrogen and oxygen atoms in total. The van der Waals surface area contributed by atoms with E-state index in [1.165, 1.54) is 6.42 Å². The lowest BCUT2D eigenvalue weighted by Gasteiger charge is -2.20. The summed E-state index contributed by atoms with van der Waals surface area (Å²) in [5.74, 6) is -0.787. The Labute approximate surface area is 119 Å². The minimum absolute atomic E-state index is 0.0277. The number of aliphatic hydroxyl groups excluding tert-OH is 2. The van der Waals surface area contributed by atoms with Crippen molar-refractivity contribution >= 4 is 11.9 Å². The van der Waals surface area contributed by atoms with Crippen LogP contribution in [0.1, 0.15) is 57.8 Å². The van der Waals surface area contributed by atoms with Crippen LogP contribution < -0.4 is 5.48 Å². The van der Waals surface area contributed by atoms with Gasteiger partial charge in [-0.1, -0.05) is 19.3 Å². The Kier molecular flexibility index (Phi) is 8.22. The molecule has 1 aliphatic rings. The van der Waals surface area contributed by atoms with E-state index < -0.39 is 12.1 Å². The van der Waals surface area contributed by atoms with Gasteiger partial charge in [0.1, 0.15) is 0 Å². The van der Waals surface area contributed by atoms with Crippen LogP contribution in [-0.2, 0) is 14.4 Å². The first kappa shape index (κ1) is 16.9. The monoisotopic (exact) mass is 287 g/mol. The summed E-state index contributed by atoms with van der Waals surface area (Å²) in [6, 6.07) is 0. The number of hydroxylamine groups is 1. The second-order valence-electron chi connectivity index (χ2n) is 5.39. The van der Waals surface area contributed by atoms with Crippen molar-refractivity contribution in [2.24, 2.45) is 5.92 Å². The van der Waals surface area contributed by atoms with Crippen molar-refractivity contribution in [3.63, 3.8) is 0 Å². The Hall–Kier alpha value is -1.14. The van der Waals surface area contributed by atoms with Gasteiger partial charge in [-0.2, -0.15) is 5.48 Å². The normalized spacial score (nSPS) is 17.5. The van der Waals surface area contributed by atoms with Crippen molar-refractivity contribution < 1.29 is 24.6 Å². The predicted octanol–water partition coefficient (Wildman–Crippen LogP) is 1.05. The molecule has 1 fully saturated rings. The maximum Gasteiger partial charge on any atom is 0.360 e. The zero-order chi connectivity index (χ0) is 14.8. The number of carbonyl (C=O) groups excluding carboxylic acids is 2. The van der Waals surface area contributed by atoms with E-state index in [0.29, 0.717) is 25.2 Å². The van der Waals surface area contributed by atoms with Crippen molar-refractivity contribution in [2.45, 2.75) is 63.9 Å². The predicted molar refractivity (Wildman–Crippen MR) is 72.4 cm³/mol. The quantitative estimate of drug-likeness (QED) is 0.480. The summed E-state index contributed by atoms with van der Waals surface area (Å²) in [6.07, 6.45) is 6.02. The largest absolute Gasteiger partial charge is 0.396 e. The number of carbonyl (C=O) groups is 2. The van der Waals surface area contributed by atoms with Crippen LogP contribution in [0.4, 0.5) is 0 Å². The summed E-state index contributed by atoms with van der Waals surface area (Å²) in [5, 5.41) is 18.1. The third-order valence-electron chi connectivity index (χ3n) is 3.62. The van der Waals surface area contributed by atoms with Crippen LogP contribution in [0.5, 0.6) is 0 Å². The number of aliphatic hydroxyl groups is 2. The fourth-order valence-electron chi connectivity index (χ4n) is 2.44. The van der Waals surface area contributed by atoms with E-state index in [1.54, 1.807) is 0 Å². The Balaban J connectivity index is 2.14. The van der Waals surface area contributed by atoms with Gasteiger partial charge in [-0.15, -0.1) is 0 Å². The molecule has 1 rings (SSSR count). The molecule has 1 atom stereocenters. The summed E-state index contributed by atoms with van der Waals surface area (Å²) in [4.78, 5) is 27.6. The summed E-state index contributed by atoms with van der Waals surface area (Å²) in [5.41, 5.74) is 2.10. The van der Waals surface area contributed by atoms with Crippen LogP contribution in [0.3, 0.4) is 0 Å². The number of hydrogen-bond acceptors (Lipinski definition) is 5. The number of nitrogens with one attached hydrogen (secondary N) is 1. The molecule has 0 radical (unpaired) electrons. The maximum absolute atomic E-state index is 11.6. The topological polar surface area (TPSA) is 95.9 Å². The lowest BCUT2D eigenvalue weighted by Crippen LogP contribution is -2.34. The standard InChI is InChI=1S/C14H25NO5/c16-9-5-4-8-12(17)14(19)20-15-13(18)10-11-6-2-1-3-7-11/h11-12,16-17H,1-10H2,(H,15,18). The van der Waals surface area contributed by atoms with Gasteiger partial charge in [-0.3, -0.25) is 4.79 Å². The van der Waals surface area contributed by atoms with E-state index in [1.807, 2.05) is 0 Å². The van der Waals surface area contributed by atoms with E-state index in [2.05, 4.69) is 10.3 Å². The molecule has 0 aromatic carbocycles. The molecule has 0 heterocycles. The van der Waals surface area contributed by atoms with Gasteiger partial charge in [-0.05, 0) is 38.0 Å².